The smallest absolute Gasteiger partial charge is 0.191 e. The fourth-order valence-electron chi connectivity index (χ4n) is 3.56. The molecule has 5 nitrogen and oxygen atoms in total. The molecule has 6 heteroatoms. The van der Waals surface area contributed by atoms with Crippen molar-refractivity contribution < 1.29 is 0 Å². The number of hydrogen-bond donors (Lipinski definition) is 2. The van der Waals surface area contributed by atoms with E-state index >= 15 is 0 Å². The van der Waals surface area contributed by atoms with Crippen LogP contribution in [-0.2, 0) is 13.0 Å². The molecule has 2 N–H and O–H groups in total. The van der Waals surface area contributed by atoms with Crippen molar-refractivity contribution in [3.63, 3.8) is 0 Å². The fraction of sp³-hybridized carbons (Fsp3) is 0.524. The highest BCUT2D eigenvalue weighted by Crippen LogP contribution is 2.28. The highest BCUT2D eigenvalue weighted by Gasteiger charge is 2.24. The summed E-state index contributed by atoms with van der Waals surface area (Å²) in [7, 11) is 0. The maximum Gasteiger partial charge on any atom is 0.191 e. The lowest BCUT2D eigenvalue weighted by atomic mass is 10.2. The van der Waals surface area contributed by atoms with Gasteiger partial charge in [0.25, 0.3) is 0 Å². The van der Waals surface area contributed by atoms with Crippen LogP contribution in [0, 0.1) is 0 Å². The van der Waals surface area contributed by atoms with Gasteiger partial charge in [0.05, 0.1) is 0 Å². The van der Waals surface area contributed by atoms with Gasteiger partial charge in [0.1, 0.15) is 5.82 Å². The molecule has 2 aromatic rings. The number of guanidine groups is 1. The van der Waals surface area contributed by atoms with Crippen LogP contribution in [0.2, 0.25) is 0 Å². The van der Waals surface area contributed by atoms with Gasteiger partial charge >= 0.3 is 0 Å². The minimum atomic E-state index is 0.542. The third-order valence-electron chi connectivity index (χ3n) is 5.01. The van der Waals surface area contributed by atoms with Crippen LogP contribution < -0.4 is 10.6 Å². The second-order valence-corrected chi connectivity index (χ2v) is 8.12. The topological polar surface area (TPSA) is 54.2 Å². The Morgan fingerprint density at radius 1 is 1.30 bits per heavy atom. The molecule has 1 aromatic carbocycles. The number of benzene rings is 1. The van der Waals surface area contributed by atoms with Crippen LogP contribution in [0.25, 0.3) is 0 Å². The van der Waals surface area contributed by atoms with Crippen molar-refractivity contribution in [2.75, 3.05) is 19.3 Å². The fourth-order valence-corrected chi connectivity index (χ4v) is 4.36. The first-order valence-corrected chi connectivity index (χ1v) is 11.2. The van der Waals surface area contributed by atoms with E-state index < -0.39 is 0 Å². The summed E-state index contributed by atoms with van der Waals surface area (Å²) in [6.07, 6.45) is 10.8. The number of nitrogens with zero attached hydrogens (tertiary/aromatic N) is 3. The molecule has 0 saturated heterocycles. The number of imidazole rings is 1. The van der Waals surface area contributed by atoms with Crippen LogP contribution in [-0.4, -0.2) is 46.1 Å². The molecule has 0 aliphatic heterocycles. The number of thioether (sulfide) groups is 1. The number of aromatic nitrogens is 2. The van der Waals surface area contributed by atoms with Crippen molar-refractivity contribution in [2.45, 2.75) is 50.4 Å². The summed E-state index contributed by atoms with van der Waals surface area (Å²) in [5, 5.41) is 7.78. The van der Waals surface area contributed by atoms with E-state index in [0.717, 1.165) is 43.1 Å². The van der Waals surface area contributed by atoms with Crippen LogP contribution in [0.15, 0.2) is 47.7 Å². The Balaban J connectivity index is 1.54. The van der Waals surface area contributed by atoms with Gasteiger partial charge in [-0.25, -0.2) is 4.98 Å². The molecule has 1 aromatic heterocycles. The van der Waals surface area contributed by atoms with Crippen molar-refractivity contribution in [1.29, 1.82) is 0 Å². The molecule has 27 heavy (non-hydrogen) atoms. The molecule has 1 saturated carbocycles. The Kier molecular flexibility index (Phi) is 7.63. The van der Waals surface area contributed by atoms with E-state index in [2.05, 4.69) is 63.8 Å². The van der Waals surface area contributed by atoms with Gasteiger partial charge < -0.3 is 15.2 Å². The Morgan fingerprint density at radius 2 is 2.15 bits per heavy atom. The molecule has 146 valence electrons. The van der Waals surface area contributed by atoms with Gasteiger partial charge in [-0.3, -0.25) is 4.99 Å². The van der Waals surface area contributed by atoms with E-state index in [-0.39, 0.29) is 0 Å². The molecule has 0 bridgehead atoms. The highest BCUT2D eigenvalue weighted by molar-refractivity contribution is 7.99. The minimum absolute atomic E-state index is 0.542. The molecular formula is C21H31N5S. The number of nitrogens with one attached hydrogen (secondary N) is 2. The molecule has 1 aliphatic carbocycles. The van der Waals surface area contributed by atoms with Gasteiger partial charge in [0.2, 0.25) is 0 Å². The minimum Gasteiger partial charge on any atom is -0.357 e. The Morgan fingerprint density at radius 3 is 2.89 bits per heavy atom. The second-order valence-electron chi connectivity index (χ2n) is 6.98. The lowest BCUT2D eigenvalue weighted by Crippen LogP contribution is -2.42. The molecule has 0 spiro atoms. The number of hydrogen-bond acceptors (Lipinski definition) is 3. The SMILES string of the molecule is CCNC(=NCCc1nccn1Cc1ccccc1)NC1CCC(SC)C1. The van der Waals surface area contributed by atoms with Crippen LogP contribution in [0.4, 0.5) is 0 Å². The molecule has 2 atom stereocenters. The summed E-state index contributed by atoms with van der Waals surface area (Å²) >= 11 is 1.98. The van der Waals surface area contributed by atoms with Crippen LogP contribution in [0.5, 0.6) is 0 Å². The van der Waals surface area contributed by atoms with Gasteiger partial charge in [-0.1, -0.05) is 30.3 Å². The van der Waals surface area contributed by atoms with E-state index in [9.17, 15) is 0 Å². The van der Waals surface area contributed by atoms with Crippen molar-refractivity contribution in [3.8, 4) is 0 Å². The first-order chi connectivity index (χ1) is 13.3. The first-order valence-electron chi connectivity index (χ1n) is 9.90. The molecule has 0 amide bonds. The summed E-state index contributed by atoms with van der Waals surface area (Å²) in [6.45, 7) is 4.59. The highest BCUT2D eigenvalue weighted by atomic mass is 32.2. The van der Waals surface area contributed by atoms with Crippen molar-refractivity contribution in [3.05, 3.63) is 54.1 Å². The zero-order valence-corrected chi connectivity index (χ0v) is 17.2. The molecule has 2 unspecified atom stereocenters. The molecule has 1 aliphatic rings. The predicted molar refractivity (Wildman–Crippen MR) is 116 cm³/mol. The average Bonchev–Trinajstić information content (AvgIpc) is 3.32. The van der Waals surface area contributed by atoms with Gasteiger partial charge in [0, 0.05) is 49.7 Å². The third kappa shape index (κ3) is 6.03. The lowest BCUT2D eigenvalue weighted by molar-refractivity contribution is 0.614. The normalized spacial score (nSPS) is 20.0. The van der Waals surface area contributed by atoms with Crippen LogP contribution in [0.3, 0.4) is 0 Å². The van der Waals surface area contributed by atoms with E-state index in [1.54, 1.807) is 0 Å². The number of aliphatic imine (C=N–C) groups is 1. The largest absolute Gasteiger partial charge is 0.357 e. The van der Waals surface area contributed by atoms with E-state index in [1.165, 1.54) is 24.8 Å². The van der Waals surface area contributed by atoms with Gasteiger partial charge in [-0.05, 0) is 38.0 Å². The maximum atomic E-state index is 4.79. The van der Waals surface area contributed by atoms with E-state index in [0.29, 0.717) is 6.04 Å². The quantitative estimate of drug-likeness (QED) is 0.541. The van der Waals surface area contributed by atoms with Crippen LogP contribution in [0.1, 0.15) is 37.6 Å². The molecule has 0 radical (unpaired) electrons. The first kappa shape index (κ1) is 19.8. The van der Waals surface area contributed by atoms with Crippen LogP contribution >= 0.6 is 11.8 Å². The molecule has 3 rings (SSSR count). The molecule has 1 heterocycles. The molecule has 1 fully saturated rings. The Labute approximate surface area is 167 Å². The summed E-state index contributed by atoms with van der Waals surface area (Å²) < 4.78 is 2.21. The number of rotatable bonds is 8. The summed E-state index contributed by atoms with van der Waals surface area (Å²) in [5.74, 6) is 2.02. The zero-order chi connectivity index (χ0) is 18.9. The van der Waals surface area contributed by atoms with Gasteiger partial charge in [-0.2, -0.15) is 11.8 Å². The summed E-state index contributed by atoms with van der Waals surface area (Å²) in [4.78, 5) is 9.31. The van der Waals surface area contributed by atoms with E-state index in [4.69, 9.17) is 4.99 Å². The maximum absolute atomic E-state index is 4.79. The monoisotopic (exact) mass is 385 g/mol. The average molecular weight is 386 g/mol. The van der Waals surface area contributed by atoms with Gasteiger partial charge in [-0.15, -0.1) is 0 Å². The summed E-state index contributed by atoms with van der Waals surface area (Å²) in [6, 6.07) is 11.1. The zero-order valence-electron chi connectivity index (χ0n) is 16.4. The van der Waals surface area contributed by atoms with Crippen molar-refractivity contribution in [1.82, 2.24) is 20.2 Å². The standard InChI is InChI=1S/C21H31N5S/c1-3-22-21(25-18-9-10-19(15-18)27-2)24-12-11-20-23-13-14-26(20)16-17-7-5-4-6-8-17/h4-8,13-14,18-19H,3,9-12,15-16H2,1-2H3,(H2,22,24,25). The van der Waals surface area contributed by atoms with E-state index in [1.807, 2.05) is 24.0 Å². The second kappa shape index (κ2) is 10.4. The Bertz CT molecular complexity index is 712. The summed E-state index contributed by atoms with van der Waals surface area (Å²) in [5.41, 5.74) is 1.29. The Hall–Kier alpha value is -1.95. The third-order valence-corrected chi connectivity index (χ3v) is 6.10. The van der Waals surface area contributed by atoms with Crippen molar-refractivity contribution in [2.24, 2.45) is 4.99 Å². The van der Waals surface area contributed by atoms with Crippen molar-refractivity contribution >= 4 is 17.7 Å². The van der Waals surface area contributed by atoms with Gasteiger partial charge in [0.15, 0.2) is 5.96 Å². The lowest BCUT2D eigenvalue weighted by Gasteiger charge is -2.17. The predicted octanol–water partition coefficient (Wildman–Crippen LogP) is 3.31. The molecular weight excluding hydrogens is 354 g/mol.